The van der Waals surface area contributed by atoms with Crippen LogP contribution in [0.1, 0.15) is 18.5 Å². The average Bonchev–Trinajstić information content (AvgIpc) is 3.10. The summed E-state index contributed by atoms with van der Waals surface area (Å²) in [5.74, 6) is 0.566. The van der Waals surface area contributed by atoms with Gasteiger partial charge in [-0.1, -0.05) is 23.5 Å². The Bertz CT molecular complexity index is 1070. The summed E-state index contributed by atoms with van der Waals surface area (Å²) >= 11 is 1.69. The SMILES string of the molecule is Cc1ccc(-c2nccnc2O[C@H]2C[C@@H](Nc3nc4ccccc4s3)C2)cn1. The molecule has 140 valence electrons. The third-order valence-corrected chi connectivity index (χ3v) is 5.81. The molecule has 1 aliphatic carbocycles. The Hall–Kier alpha value is -3.06. The lowest BCUT2D eigenvalue weighted by molar-refractivity contribution is 0.103. The van der Waals surface area contributed by atoms with E-state index in [1.54, 1.807) is 23.7 Å². The highest BCUT2D eigenvalue weighted by atomic mass is 32.1. The molecule has 0 bridgehead atoms. The molecule has 6 nitrogen and oxygen atoms in total. The number of rotatable bonds is 5. The number of fused-ring (bicyclic) bond motifs is 1. The van der Waals surface area contributed by atoms with E-state index in [2.05, 4.69) is 31.3 Å². The summed E-state index contributed by atoms with van der Waals surface area (Å²) < 4.78 is 7.34. The van der Waals surface area contributed by atoms with Crippen molar-refractivity contribution >= 4 is 26.7 Å². The molecule has 0 amide bonds. The van der Waals surface area contributed by atoms with Crippen molar-refractivity contribution in [2.75, 3.05) is 5.32 Å². The number of pyridine rings is 1. The molecule has 1 N–H and O–H groups in total. The number of benzene rings is 1. The van der Waals surface area contributed by atoms with Crippen molar-refractivity contribution < 1.29 is 4.74 Å². The molecule has 4 aromatic rings. The number of thiazole rings is 1. The van der Waals surface area contributed by atoms with Gasteiger partial charge in [0.1, 0.15) is 11.8 Å². The largest absolute Gasteiger partial charge is 0.473 e. The molecule has 3 heterocycles. The summed E-state index contributed by atoms with van der Waals surface area (Å²) in [6.07, 6.45) is 7.11. The van der Waals surface area contributed by atoms with Crippen molar-refractivity contribution in [3.05, 3.63) is 60.7 Å². The van der Waals surface area contributed by atoms with Crippen LogP contribution in [0.3, 0.4) is 0 Å². The van der Waals surface area contributed by atoms with Crippen LogP contribution in [0.5, 0.6) is 5.88 Å². The lowest BCUT2D eigenvalue weighted by Crippen LogP contribution is -2.42. The highest BCUT2D eigenvalue weighted by Gasteiger charge is 2.32. The molecule has 0 unspecified atom stereocenters. The van der Waals surface area contributed by atoms with Crippen molar-refractivity contribution in [2.24, 2.45) is 0 Å². The number of hydrogen-bond donors (Lipinski definition) is 1. The number of nitrogens with one attached hydrogen (secondary N) is 1. The van der Waals surface area contributed by atoms with Gasteiger partial charge in [-0.25, -0.2) is 15.0 Å². The predicted octanol–water partition coefficient (Wildman–Crippen LogP) is 4.48. The Kier molecular flexibility index (Phi) is 4.37. The smallest absolute Gasteiger partial charge is 0.240 e. The number of aryl methyl sites for hydroxylation is 1. The van der Waals surface area contributed by atoms with Crippen LogP contribution in [-0.2, 0) is 0 Å². The first-order valence-corrected chi connectivity index (χ1v) is 10.1. The number of ether oxygens (including phenoxy) is 1. The van der Waals surface area contributed by atoms with Crippen molar-refractivity contribution in [1.29, 1.82) is 0 Å². The normalized spacial score (nSPS) is 18.6. The number of hydrogen-bond acceptors (Lipinski definition) is 7. The van der Waals surface area contributed by atoms with E-state index in [4.69, 9.17) is 4.74 Å². The zero-order chi connectivity index (χ0) is 18.9. The minimum absolute atomic E-state index is 0.126. The number of nitrogens with zero attached hydrogens (tertiary/aromatic N) is 4. The third-order valence-electron chi connectivity index (χ3n) is 4.84. The zero-order valence-electron chi connectivity index (χ0n) is 15.4. The molecule has 7 heteroatoms. The molecule has 0 saturated heterocycles. The highest BCUT2D eigenvalue weighted by Crippen LogP contribution is 2.33. The quantitative estimate of drug-likeness (QED) is 0.543. The van der Waals surface area contributed by atoms with Gasteiger partial charge in [0.05, 0.1) is 10.2 Å². The van der Waals surface area contributed by atoms with Crippen molar-refractivity contribution in [3.63, 3.8) is 0 Å². The summed E-state index contributed by atoms with van der Waals surface area (Å²) in [4.78, 5) is 17.8. The van der Waals surface area contributed by atoms with Crippen LogP contribution >= 0.6 is 11.3 Å². The summed E-state index contributed by atoms with van der Waals surface area (Å²) in [6, 6.07) is 12.5. The van der Waals surface area contributed by atoms with Crippen molar-refractivity contribution in [1.82, 2.24) is 19.9 Å². The fourth-order valence-corrected chi connectivity index (χ4v) is 4.21. The van der Waals surface area contributed by atoms with E-state index in [0.29, 0.717) is 11.9 Å². The van der Waals surface area contributed by atoms with E-state index in [9.17, 15) is 0 Å². The monoisotopic (exact) mass is 389 g/mol. The molecular formula is C21H19N5OS. The molecule has 1 saturated carbocycles. The van der Waals surface area contributed by atoms with Gasteiger partial charge in [-0.2, -0.15) is 0 Å². The maximum Gasteiger partial charge on any atom is 0.240 e. The van der Waals surface area contributed by atoms with Gasteiger partial charge in [0.25, 0.3) is 0 Å². The highest BCUT2D eigenvalue weighted by molar-refractivity contribution is 7.22. The first-order chi connectivity index (χ1) is 13.7. The predicted molar refractivity (Wildman–Crippen MR) is 111 cm³/mol. The van der Waals surface area contributed by atoms with Crippen LogP contribution in [0.2, 0.25) is 0 Å². The van der Waals surface area contributed by atoms with Gasteiger partial charge in [0.2, 0.25) is 5.88 Å². The van der Waals surface area contributed by atoms with Gasteiger partial charge in [-0.05, 0) is 31.2 Å². The Morgan fingerprint density at radius 1 is 1.04 bits per heavy atom. The molecule has 0 aliphatic heterocycles. The lowest BCUT2D eigenvalue weighted by atomic mass is 9.89. The second-order valence-electron chi connectivity index (χ2n) is 6.94. The molecular weight excluding hydrogens is 370 g/mol. The minimum atomic E-state index is 0.126. The molecule has 1 aliphatic rings. The van der Waals surface area contributed by atoms with Gasteiger partial charge in [0.15, 0.2) is 5.13 Å². The van der Waals surface area contributed by atoms with E-state index in [0.717, 1.165) is 40.4 Å². The Balaban J connectivity index is 1.23. The van der Waals surface area contributed by atoms with E-state index in [-0.39, 0.29) is 6.10 Å². The van der Waals surface area contributed by atoms with Gasteiger partial charge in [0, 0.05) is 48.7 Å². The molecule has 1 fully saturated rings. The van der Waals surface area contributed by atoms with Crippen molar-refractivity contribution in [2.45, 2.75) is 31.9 Å². The van der Waals surface area contributed by atoms with E-state index in [1.807, 2.05) is 43.5 Å². The van der Waals surface area contributed by atoms with Crippen LogP contribution < -0.4 is 10.1 Å². The fraction of sp³-hybridized carbons (Fsp3) is 0.238. The van der Waals surface area contributed by atoms with E-state index < -0.39 is 0 Å². The summed E-state index contributed by atoms with van der Waals surface area (Å²) in [5.41, 5.74) is 3.66. The van der Waals surface area contributed by atoms with Crippen LogP contribution in [0.25, 0.3) is 21.5 Å². The van der Waals surface area contributed by atoms with Gasteiger partial charge in [-0.3, -0.25) is 4.98 Å². The summed E-state index contributed by atoms with van der Waals surface area (Å²) in [5, 5.41) is 4.49. The number of anilines is 1. The van der Waals surface area contributed by atoms with Gasteiger partial charge < -0.3 is 10.1 Å². The maximum absolute atomic E-state index is 6.13. The first kappa shape index (κ1) is 17.1. The Labute approximate surface area is 166 Å². The third kappa shape index (κ3) is 3.41. The number of aromatic nitrogens is 4. The maximum atomic E-state index is 6.13. The first-order valence-electron chi connectivity index (χ1n) is 9.27. The minimum Gasteiger partial charge on any atom is -0.473 e. The summed E-state index contributed by atoms with van der Waals surface area (Å²) in [6.45, 7) is 1.96. The molecule has 0 radical (unpaired) electrons. The molecule has 3 aromatic heterocycles. The molecule has 0 atom stereocenters. The van der Waals surface area contributed by atoms with E-state index in [1.165, 1.54) is 4.70 Å². The molecule has 0 spiro atoms. The second kappa shape index (κ2) is 7.16. The van der Waals surface area contributed by atoms with Gasteiger partial charge >= 0.3 is 0 Å². The van der Waals surface area contributed by atoms with Gasteiger partial charge in [-0.15, -0.1) is 0 Å². The Morgan fingerprint density at radius 3 is 2.71 bits per heavy atom. The molecule has 5 rings (SSSR count). The summed E-state index contributed by atoms with van der Waals surface area (Å²) in [7, 11) is 0. The topological polar surface area (TPSA) is 72.8 Å². The average molecular weight is 389 g/mol. The molecule has 1 aromatic carbocycles. The van der Waals surface area contributed by atoms with E-state index >= 15 is 0 Å². The van der Waals surface area contributed by atoms with Crippen LogP contribution in [0.4, 0.5) is 5.13 Å². The molecule has 28 heavy (non-hydrogen) atoms. The van der Waals surface area contributed by atoms with Crippen LogP contribution in [0.15, 0.2) is 55.0 Å². The second-order valence-corrected chi connectivity index (χ2v) is 7.97. The standard InChI is InChI=1S/C21H19N5OS/c1-13-6-7-14(12-24-13)19-20(23-9-8-22-19)27-16-10-15(11-16)25-21-26-17-4-2-3-5-18(17)28-21/h2-9,12,15-16H,10-11H2,1H3,(H,25,26)/t15-,16+. The van der Waals surface area contributed by atoms with Crippen LogP contribution in [0, 0.1) is 6.92 Å². The lowest BCUT2D eigenvalue weighted by Gasteiger charge is -2.35. The van der Waals surface area contributed by atoms with Crippen LogP contribution in [-0.4, -0.2) is 32.1 Å². The van der Waals surface area contributed by atoms with Crippen molar-refractivity contribution in [3.8, 4) is 17.1 Å². The number of para-hydroxylation sites is 1. The zero-order valence-corrected chi connectivity index (χ0v) is 16.2. The Morgan fingerprint density at radius 2 is 1.89 bits per heavy atom. The fourth-order valence-electron chi connectivity index (χ4n) is 3.26.